The van der Waals surface area contributed by atoms with E-state index < -0.39 is 12.6 Å². The molecule has 1 aliphatic heterocycles. The fourth-order valence-corrected chi connectivity index (χ4v) is 1.86. The van der Waals surface area contributed by atoms with Gasteiger partial charge in [-0.25, -0.2) is 0 Å². The molecule has 2 nitrogen and oxygen atoms in total. The van der Waals surface area contributed by atoms with E-state index in [1.165, 1.54) is 6.42 Å². The Morgan fingerprint density at radius 3 is 2.59 bits per heavy atom. The van der Waals surface area contributed by atoms with Crippen LogP contribution in [0.1, 0.15) is 44.9 Å². The Bertz CT molecular complexity index is 189. The van der Waals surface area contributed by atoms with Gasteiger partial charge in [0.25, 0.3) is 0 Å². The van der Waals surface area contributed by atoms with Crippen LogP contribution in [0.3, 0.4) is 0 Å². The molecule has 0 aliphatic carbocycles. The molecule has 0 aromatic rings. The second kappa shape index (κ2) is 7.93. The molecule has 0 amide bonds. The number of alkyl halides is 3. The van der Waals surface area contributed by atoms with Crippen LogP contribution in [0.25, 0.3) is 0 Å². The second-order valence-electron chi connectivity index (χ2n) is 4.49. The van der Waals surface area contributed by atoms with Gasteiger partial charge < -0.3 is 9.47 Å². The van der Waals surface area contributed by atoms with Gasteiger partial charge in [0.15, 0.2) is 0 Å². The number of unbranched alkanes of at least 4 members (excludes halogenated alkanes) is 2. The fourth-order valence-electron chi connectivity index (χ4n) is 1.86. The normalized spacial score (nSPS) is 21.7. The van der Waals surface area contributed by atoms with Crippen LogP contribution in [0.4, 0.5) is 13.2 Å². The van der Waals surface area contributed by atoms with Crippen molar-refractivity contribution in [2.45, 2.75) is 57.2 Å². The molecule has 0 saturated carbocycles. The van der Waals surface area contributed by atoms with Crippen molar-refractivity contribution in [1.82, 2.24) is 0 Å². The van der Waals surface area contributed by atoms with E-state index in [1.54, 1.807) is 0 Å². The molecule has 17 heavy (non-hydrogen) atoms. The van der Waals surface area contributed by atoms with Crippen LogP contribution < -0.4 is 0 Å². The first kappa shape index (κ1) is 14.8. The molecule has 1 unspecified atom stereocenters. The van der Waals surface area contributed by atoms with Gasteiger partial charge in [-0.1, -0.05) is 6.42 Å². The zero-order valence-corrected chi connectivity index (χ0v) is 10.1. The van der Waals surface area contributed by atoms with Crippen molar-refractivity contribution < 1.29 is 22.6 Å². The second-order valence-corrected chi connectivity index (χ2v) is 4.49. The van der Waals surface area contributed by atoms with Crippen LogP contribution in [-0.2, 0) is 9.47 Å². The molecule has 1 fully saturated rings. The number of rotatable bonds is 7. The predicted molar refractivity (Wildman–Crippen MR) is 58.9 cm³/mol. The Labute approximate surface area is 100 Å². The number of hydrogen-bond acceptors (Lipinski definition) is 2. The van der Waals surface area contributed by atoms with E-state index >= 15 is 0 Å². The molecule has 0 N–H and O–H groups in total. The maximum atomic E-state index is 11.8. The van der Waals surface area contributed by atoms with Crippen LogP contribution in [0.5, 0.6) is 0 Å². The van der Waals surface area contributed by atoms with Crippen molar-refractivity contribution in [2.75, 3.05) is 19.8 Å². The van der Waals surface area contributed by atoms with Gasteiger partial charge in [0.05, 0.1) is 12.7 Å². The van der Waals surface area contributed by atoms with E-state index in [2.05, 4.69) is 0 Å². The lowest BCUT2D eigenvalue weighted by molar-refractivity contribution is -0.135. The van der Waals surface area contributed by atoms with Gasteiger partial charge in [-0.15, -0.1) is 0 Å². The van der Waals surface area contributed by atoms with Gasteiger partial charge in [-0.3, -0.25) is 0 Å². The van der Waals surface area contributed by atoms with E-state index in [9.17, 15) is 13.2 Å². The summed E-state index contributed by atoms with van der Waals surface area (Å²) in [5, 5.41) is 0. The van der Waals surface area contributed by atoms with Crippen LogP contribution >= 0.6 is 0 Å². The van der Waals surface area contributed by atoms with Crippen molar-refractivity contribution in [2.24, 2.45) is 0 Å². The molecule has 1 heterocycles. The molecular weight excluding hydrogens is 233 g/mol. The molecule has 1 aliphatic rings. The van der Waals surface area contributed by atoms with Gasteiger partial charge in [0, 0.05) is 19.6 Å². The molecule has 0 aromatic heterocycles. The monoisotopic (exact) mass is 254 g/mol. The third-order valence-electron chi connectivity index (χ3n) is 2.83. The summed E-state index contributed by atoms with van der Waals surface area (Å²) in [5.41, 5.74) is 0. The summed E-state index contributed by atoms with van der Waals surface area (Å²) in [6.07, 6.45) is 0.302. The summed E-state index contributed by atoms with van der Waals surface area (Å²) in [5.74, 6) is 0. The molecule has 1 saturated heterocycles. The first-order valence-corrected chi connectivity index (χ1v) is 6.34. The molecule has 0 aromatic carbocycles. The van der Waals surface area contributed by atoms with Crippen LogP contribution in [-0.4, -0.2) is 32.1 Å². The van der Waals surface area contributed by atoms with Crippen molar-refractivity contribution in [3.05, 3.63) is 0 Å². The van der Waals surface area contributed by atoms with Crippen molar-refractivity contribution in [1.29, 1.82) is 0 Å². The highest BCUT2D eigenvalue weighted by Gasteiger charge is 2.25. The zero-order valence-electron chi connectivity index (χ0n) is 10.1. The Hall–Kier alpha value is -0.290. The predicted octanol–water partition coefficient (Wildman–Crippen LogP) is 3.69. The van der Waals surface area contributed by atoms with Gasteiger partial charge in [-0.05, 0) is 32.1 Å². The third kappa shape index (κ3) is 8.44. The molecule has 102 valence electrons. The van der Waals surface area contributed by atoms with Gasteiger partial charge >= 0.3 is 6.18 Å². The van der Waals surface area contributed by atoms with E-state index in [4.69, 9.17) is 9.47 Å². The number of hydrogen-bond donors (Lipinski definition) is 0. The van der Waals surface area contributed by atoms with Gasteiger partial charge in [0.2, 0.25) is 0 Å². The minimum atomic E-state index is -4.02. The van der Waals surface area contributed by atoms with Gasteiger partial charge in [-0.2, -0.15) is 13.2 Å². The van der Waals surface area contributed by atoms with Gasteiger partial charge in [0.1, 0.15) is 0 Å². The molecule has 1 rings (SSSR count). The lowest BCUT2D eigenvalue weighted by Gasteiger charge is -2.22. The summed E-state index contributed by atoms with van der Waals surface area (Å²) in [4.78, 5) is 0. The van der Waals surface area contributed by atoms with E-state index in [1.807, 2.05) is 0 Å². The van der Waals surface area contributed by atoms with Crippen LogP contribution in [0, 0.1) is 0 Å². The highest BCUT2D eigenvalue weighted by atomic mass is 19.4. The van der Waals surface area contributed by atoms with Crippen LogP contribution in [0.15, 0.2) is 0 Å². The highest BCUT2D eigenvalue weighted by Crippen LogP contribution is 2.22. The average Bonchev–Trinajstić information content (AvgIpc) is 2.28. The SMILES string of the molecule is FC(F)(F)CCCCCOCC1CCCCO1. The summed E-state index contributed by atoms with van der Waals surface area (Å²) >= 11 is 0. The van der Waals surface area contributed by atoms with E-state index in [-0.39, 0.29) is 12.5 Å². The van der Waals surface area contributed by atoms with Crippen molar-refractivity contribution in [3.8, 4) is 0 Å². The first-order chi connectivity index (χ1) is 8.08. The Balaban J connectivity index is 1.84. The smallest absolute Gasteiger partial charge is 0.379 e. The number of ether oxygens (including phenoxy) is 2. The maximum Gasteiger partial charge on any atom is 0.389 e. The van der Waals surface area contributed by atoms with Crippen molar-refractivity contribution in [3.63, 3.8) is 0 Å². The first-order valence-electron chi connectivity index (χ1n) is 6.34. The lowest BCUT2D eigenvalue weighted by atomic mass is 10.1. The minimum absolute atomic E-state index is 0.193. The van der Waals surface area contributed by atoms with Crippen molar-refractivity contribution >= 4 is 0 Å². The Kier molecular flexibility index (Phi) is 6.89. The molecule has 0 radical (unpaired) electrons. The lowest BCUT2D eigenvalue weighted by Crippen LogP contribution is -2.24. The number of halogens is 3. The van der Waals surface area contributed by atoms with E-state index in [0.717, 1.165) is 19.4 Å². The Morgan fingerprint density at radius 2 is 1.94 bits per heavy atom. The largest absolute Gasteiger partial charge is 0.389 e. The maximum absolute atomic E-state index is 11.8. The summed E-state index contributed by atoms with van der Waals surface area (Å²) in [6.45, 7) is 1.93. The third-order valence-corrected chi connectivity index (χ3v) is 2.83. The molecule has 1 atom stereocenters. The molecule has 0 bridgehead atoms. The molecule has 5 heteroatoms. The highest BCUT2D eigenvalue weighted by molar-refractivity contribution is 4.62. The zero-order chi connectivity index (χ0) is 12.6. The summed E-state index contributed by atoms with van der Waals surface area (Å²) in [6, 6.07) is 0. The van der Waals surface area contributed by atoms with E-state index in [0.29, 0.717) is 26.1 Å². The standard InChI is InChI=1S/C12H21F3O2/c13-12(14,15)7-3-1-4-8-16-10-11-6-2-5-9-17-11/h11H,1-10H2. The topological polar surface area (TPSA) is 18.5 Å². The quantitative estimate of drug-likeness (QED) is 0.645. The summed E-state index contributed by atoms with van der Waals surface area (Å²) in [7, 11) is 0. The average molecular weight is 254 g/mol. The molecular formula is C12H21F3O2. The Morgan fingerprint density at radius 1 is 1.12 bits per heavy atom. The summed E-state index contributed by atoms with van der Waals surface area (Å²) < 4.78 is 46.4. The minimum Gasteiger partial charge on any atom is -0.379 e. The molecule has 0 spiro atoms. The fraction of sp³-hybridized carbons (Fsp3) is 1.00. The van der Waals surface area contributed by atoms with Crippen LogP contribution in [0.2, 0.25) is 0 Å².